The number of imidazole rings is 1. The van der Waals surface area contributed by atoms with Crippen LogP contribution in [0.3, 0.4) is 0 Å². The standard InChI is InChI=1S/C12H12F2N2O/c1-16-8-15-7-9(16)5-6-17-11-4-2-3-10(13)12(11)14/h2-4,7-8H,5-6H2,1H3. The van der Waals surface area contributed by atoms with E-state index in [1.165, 1.54) is 12.1 Å². The van der Waals surface area contributed by atoms with Gasteiger partial charge in [0.05, 0.1) is 12.9 Å². The molecule has 2 aromatic rings. The fraction of sp³-hybridized carbons (Fsp3) is 0.250. The molecule has 1 aromatic heterocycles. The molecule has 1 aromatic carbocycles. The SMILES string of the molecule is Cn1cncc1CCOc1cccc(F)c1F. The molecule has 0 fully saturated rings. The number of nitrogens with zero attached hydrogens (tertiary/aromatic N) is 2. The summed E-state index contributed by atoms with van der Waals surface area (Å²) < 4.78 is 33.1. The van der Waals surface area contributed by atoms with Crippen LogP contribution in [0.5, 0.6) is 5.75 Å². The van der Waals surface area contributed by atoms with E-state index in [0.29, 0.717) is 6.42 Å². The van der Waals surface area contributed by atoms with Crippen molar-refractivity contribution in [2.45, 2.75) is 6.42 Å². The molecule has 1 heterocycles. The summed E-state index contributed by atoms with van der Waals surface area (Å²) in [6, 6.07) is 3.88. The zero-order valence-corrected chi connectivity index (χ0v) is 9.36. The van der Waals surface area contributed by atoms with Gasteiger partial charge < -0.3 is 9.30 Å². The second-order valence-electron chi connectivity index (χ2n) is 3.65. The molecule has 5 heteroatoms. The predicted molar refractivity (Wildman–Crippen MR) is 58.8 cm³/mol. The van der Waals surface area contributed by atoms with Gasteiger partial charge in [-0.25, -0.2) is 9.37 Å². The summed E-state index contributed by atoms with van der Waals surface area (Å²) in [6.07, 6.45) is 3.98. The first-order valence-corrected chi connectivity index (χ1v) is 5.20. The highest BCUT2D eigenvalue weighted by molar-refractivity contribution is 5.25. The summed E-state index contributed by atoms with van der Waals surface area (Å²) in [4.78, 5) is 3.95. The van der Waals surface area contributed by atoms with Gasteiger partial charge in [-0.2, -0.15) is 4.39 Å². The zero-order chi connectivity index (χ0) is 12.3. The second kappa shape index (κ2) is 4.95. The van der Waals surface area contributed by atoms with Crippen LogP contribution in [0.15, 0.2) is 30.7 Å². The molecule has 0 N–H and O–H groups in total. The molecular weight excluding hydrogens is 226 g/mol. The number of halogens is 2. The van der Waals surface area contributed by atoms with Crippen molar-refractivity contribution < 1.29 is 13.5 Å². The van der Waals surface area contributed by atoms with Crippen molar-refractivity contribution in [3.63, 3.8) is 0 Å². The smallest absolute Gasteiger partial charge is 0.200 e. The average molecular weight is 238 g/mol. The molecule has 0 saturated carbocycles. The lowest BCUT2D eigenvalue weighted by Gasteiger charge is -2.07. The number of aromatic nitrogens is 2. The Morgan fingerprint density at radius 1 is 1.35 bits per heavy atom. The minimum Gasteiger partial charge on any atom is -0.490 e. The van der Waals surface area contributed by atoms with Gasteiger partial charge in [0.2, 0.25) is 5.82 Å². The van der Waals surface area contributed by atoms with Gasteiger partial charge in [0.1, 0.15) is 0 Å². The lowest BCUT2D eigenvalue weighted by Crippen LogP contribution is -2.06. The summed E-state index contributed by atoms with van der Waals surface area (Å²) in [5.41, 5.74) is 0.974. The maximum absolute atomic E-state index is 13.2. The third kappa shape index (κ3) is 2.61. The summed E-state index contributed by atoms with van der Waals surface area (Å²) in [5, 5.41) is 0. The van der Waals surface area contributed by atoms with Crippen molar-refractivity contribution in [2.75, 3.05) is 6.61 Å². The zero-order valence-electron chi connectivity index (χ0n) is 9.36. The van der Waals surface area contributed by atoms with Crippen LogP contribution in [0.1, 0.15) is 5.69 Å². The predicted octanol–water partition coefficient (Wildman–Crippen LogP) is 2.32. The van der Waals surface area contributed by atoms with Crippen molar-refractivity contribution in [3.8, 4) is 5.75 Å². The molecule has 0 bridgehead atoms. The Morgan fingerprint density at radius 2 is 2.18 bits per heavy atom. The lowest BCUT2D eigenvalue weighted by molar-refractivity contribution is 0.297. The second-order valence-corrected chi connectivity index (χ2v) is 3.65. The lowest BCUT2D eigenvalue weighted by atomic mass is 10.3. The Morgan fingerprint density at radius 3 is 2.88 bits per heavy atom. The van der Waals surface area contributed by atoms with Crippen molar-refractivity contribution >= 4 is 0 Å². The molecule has 0 aliphatic heterocycles. The van der Waals surface area contributed by atoms with Gasteiger partial charge in [0, 0.05) is 25.4 Å². The van der Waals surface area contributed by atoms with E-state index in [1.807, 2.05) is 11.6 Å². The van der Waals surface area contributed by atoms with Crippen LogP contribution < -0.4 is 4.74 Å². The molecule has 0 radical (unpaired) electrons. The quantitative estimate of drug-likeness (QED) is 0.817. The molecule has 0 amide bonds. The summed E-state index contributed by atoms with van der Waals surface area (Å²) in [5.74, 6) is -1.91. The van der Waals surface area contributed by atoms with Crippen LogP contribution in [0, 0.1) is 11.6 Å². The summed E-state index contributed by atoms with van der Waals surface area (Å²) >= 11 is 0. The topological polar surface area (TPSA) is 27.1 Å². The minimum absolute atomic E-state index is 0.0628. The molecule has 0 aliphatic carbocycles. The summed E-state index contributed by atoms with van der Waals surface area (Å²) in [6.45, 7) is 0.278. The van der Waals surface area contributed by atoms with Crippen molar-refractivity contribution in [2.24, 2.45) is 7.05 Å². The van der Waals surface area contributed by atoms with E-state index in [-0.39, 0.29) is 12.4 Å². The minimum atomic E-state index is -0.947. The number of aryl methyl sites for hydroxylation is 1. The van der Waals surface area contributed by atoms with Crippen LogP contribution in [0.25, 0.3) is 0 Å². The monoisotopic (exact) mass is 238 g/mol. The number of benzene rings is 1. The van der Waals surface area contributed by atoms with Gasteiger partial charge in [0.25, 0.3) is 0 Å². The van der Waals surface area contributed by atoms with Crippen LogP contribution >= 0.6 is 0 Å². The maximum atomic E-state index is 13.2. The fourth-order valence-electron chi connectivity index (χ4n) is 1.49. The van der Waals surface area contributed by atoms with Gasteiger partial charge in [-0.15, -0.1) is 0 Å². The molecule has 0 aliphatic rings. The third-order valence-corrected chi connectivity index (χ3v) is 2.45. The normalized spacial score (nSPS) is 10.5. The van der Waals surface area contributed by atoms with E-state index in [4.69, 9.17) is 4.74 Å². The number of hydrogen-bond acceptors (Lipinski definition) is 2. The fourth-order valence-corrected chi connectivity index (χ4v) is 1.49. The van der Waals surface area contributed by atoms with Crippen LogP contribution in [0.2, 0.25) is 0 Å². The van der Waals surface area contributed by atoms with Gasteiger partial charge in [-0.3, -0.25) is 0 Å². The van der Waals surface area contributed by atoms with E-state index < -0.39 is 11.6 Å². The number of ether oxygens (including phenoxy) is 1. The molecule has 90 valence electrons. The molecule has 3 nitrogen and oxygen atoms in total. The Hall–Kier alpha value is -1.91. The Balaban J connectivity index is 1.95. The van der Waals surface area contributed by atoms with Gasteiger partial charge in [-0.05, 0) is 12.1 Å². The van der Waals surface area contributed by atoms with Gasteiger partial charge in [-0.1, -0.05) is 6.07 Å². The highest BCUT2D eigenvalue weighted by Gasteiger charge is 2.08. The molecule has 0 saturated heterocycles. The van der Waals surface area contributed by atoms with E-state index in [1.54, 1.807) is 12.5 Å². The van der Waals surface area contributed by atoms with E-state index in [0.717, 1.165) is 11.8 Å². The van der Waals surface area contributed by atoms with E-state index in [9.17, 15) is 8.78 Å². The first-order chi connectivity index (χ1) is 8.18. The van der Waals surface area contributed by atoms with E-state index >= 15 is 0 Å². The Bertz CT molecular complexity index is 511. The first kappa shape index (κ1) is 11.6. The van der Waals surface area contributed by atoms with Crippen LogP contribution in [0.4, 0.5) is 8.78 Å². The Kier molecular flexibility index (Phi) is 3.37. The molecule has 0 spiro atoms. The highest BCUT2D eigenvalue weighted by Crippen LogP contribution is 2.19. The molecule has 0 unspecified atom stereocenters. The van der Waals surface area contributed by atoms with Crippen LogP contribution in [-0.4, -0.2) is 16.2 Å². The molecule has 0 atom stereocenters. The first-order valence-electron chi connectivity index (χ1n) is 5.20. The number of hydrogen-bond donors (Lipinski definition) is 0. The maximum Gasteiger partial charge on any atom is 0.200 e. The molecule has 2 rings (SSSR count). The Labute approximate surface area is 97.7 Å². The molecule has 17 heavy (non-hydrogen) atoms. The van der Waals surface area contributed by atoms with Gasteiger partial charge >= 0.3 is 0 Å². The average Bonchev–Trinajstić information content (AvgIpc) is 2.71. The van der Waals surface area contributed by atoms with Gasteiger partial charge in [0.15, 0.2) is 11.6 Å². The van der Waals surface area contributed by atoms with Crippen molar-refractivity contribution in [3.05, 3.63) is 48.1 Å². The summed E-state index contributed by atoms with van der Waals surface area (Å²) in [7, 11) is 1.87. The highest BCUT2D eigenvalue weighted by atomic mass is 19.2. The third-order valence-electron chi connectivity index (χ3n) is 2.45. The largest absolute Gasteiger partial charge is 0.490 e. The van der Waals surface area contributed by atoms with Crippen molar-refractivity contribution in [1.82, 2.24) is 9.55 Å². The van der Waals surface area contributed by atoms with Crippen LogP contribution in [-0.2, 0) is 13.5 Å². The van der Waals surface area contributed by atoms with Crippen molar-refractivity contribution in [1.29, 1.82) is 0 Å². The number of rotatable bonds is 4. The van der Waals surface area contributed by atoms with E-state index in [2.05, 4.69) is 4.98 Å². The molecular formula is C12H12F2N2O.